The monoisotopic (exact) mass is 323 g/mol. The highest BCUT2D eigenvalue weighted by Gasteiger charge is 2.39. The van der Waals surface area contributed by atoms with Crippen molar-refractivity contribution in [1.82, 2.24) is 15.5 Å². The van der Waals surface area contributed by atoms with Gasteiger partial charge in [0.1, 0.15) is 0 Å². The van der Waals surface area contributed by atoms with E-state index in [0.717, 1.165) is 25.3 Å². The van der Waals surface area contributed by atoms with Crippen LogP contribution < -0.4 is 10.6 Å². The van der Waals surface area contributed by atoms with E-state index in [1.165, 1.54) is 12.8 Å². The third kappa shape index (κ3) is 3.86. The zero-order valence-corrected chi connectivity index (χ0v) is 14.0. The maximum atomic E-state index is 12.3. The molecule has 2 saturated heterocycles. The van der Waals surface area contributed by atoms with Crippen LogP contribution in [0.2, 0.25) is 0 Å². The molecule has 130 valence electrons. The van der Waals surface area contributed by atoms with Crippen LogP contribution in [-0.2, 0) is 9.59 Å². The number of nitrogens with one attached hydrogen (secondary N) is 2. The van der Waals surface area contributed by atoms with Gasteiger partial charge in [-0.1, -0.05) is 6.92 Å². The lowest BCUT2D eigenvalue weighted by Gasteiger charge is -2.33. The first kappa shape index (κ1) is 16.7. The first-order valence-electron chi connectivity index (χ1n) is 9.00. The minimum atomic E-state index is -0.388. The summed E-state index contributed by atoms with van der Waals surface area (Å²) in [5.41, 5.74) is 0. The molecule has 0 radical (unpaired) electrons. The second-order valence-electron chi connectivity index (χ2n) is 7.59. The van der Waals surface area contributed by atoms with Crippen LogP contribution in [0.15, 0.2) is 0 Å². The van der Waals surface area contributed by atoms with E-state index >= 15 is 0 Å². The van der Waals surface area contributed by atoms with Crippen LogP contribution >= 0.6 is 0 Å². The standard InChI is InChI=1S/C17H29N3O3/c1-11-2-4-14(5-3-11)20-10-12(6-16(20)22)17(23)19-8-13-7-18-9-15(13)21/h11-15,18,21H,2-10H2,1H3,(H,19,23). The maximum absolute atomic E-state index is 12.3. The number of aliphatic hydroxyl groups excluding tert-OH is 1. The number of hydrogen-bond donors (Lipinski definition) is 3. The zero-order chi connectivity index (χ0) is 16.4. The van der Waals surface area contributed by atoms with Crippen molar-refractivity contribution < 1.29 is 14.7 Å². The van der Waals surface area contributed by atoms with E-state index in [4.69, 9.17) is 0 Å². The molecule has 6 nitrogen and oxygen atoms in total. The Kier molecular flexibility index (Phi) is 5.21. The highest BCUT2D eigenvalue weighted by Crippen LogP contribution is 2.31. The van der Waals surface area contributed by atoms with Gasteiger partial charge >= 0.3 is 0 Å². The third-order valence-corrected chi connectivity index (χ3v) is 5.80. The number of likely N-dealkylation sites (tertiary alicyclic amines) is 1. The summed E-state index contributed by atoms with van der Waals surface area (Å²) in [6.45, 7) is 4.64. The first-order valence-corrected chi connectivity index (χ1v) is 9.00. The van der Waals surface area contributed by atoms with Gasteiger partial charge in [-0.05, 0) is 31.6 Å². The molecule has 2 amide bonds. The average Bonchev–Trinajstić information content (AvgIpc) is 3.12. The fourth-order valence-corrected chi connectivity index (χ4v) is 4.12. The molecule has 0 aromatic rings. The second kappa shape index (κ2) is 7.18. The molecule has 3 unspecified atom stereocenters. The van der Waals surface area contributed by atoms with Crippen molar-refractivity contribution in [3.05, 3.63) is 0 Å². The summed E-state index contributed by atoms with van der Waals surface area (Å²) in [5.74, 6) is 0.700. The van der Waals surface area contributed by atoms with Crippen molar-refractivity contribution in [2.75, 3.05) is 26.2 Å². The van der Waals surface area contributed by atoms with Gasteiger partial charge in [0.15, 0.2) is 0 Å². The lowest BCUT2D eigenvalue weighted by molar-refractivity contribution is -0.131. The predicted octanol–water partition coefficient (Wildman–Crippen LogP) is 0.110. The topological polar surface area (TPSA) is 81.7 Å². The van der Waals surface area contributed by atoms with Gasteiger partial charge in [0.05, 0.1) is 12.0 Å². The highest BCUT2D eigenvalue weighted by molar-refractivity contribution is 5.89. The molecule has 3 rings (SSSR count). The van der Waals surface area contributed by atoms with Gasteiger partial charge in [-0.2, -0.15) is 0 Å². The molecule has 0 aromatic carbocycles. The van der Waals surface area contributed by atoms with Crippen LogP contribution in [0.25, 0.3) is 0 Å². The Hall–Kier alpha value is -1.14. The summed E-state index contributed by atoms with van der Waals surface area (Å²) in [6.07, 6.45) is 4.45. The van der Waals surface area contributed by atoms with Crippen LogP contribution in [-0.4, -0.2) is 60.1 Å². The molecule has 2 heterocycles. The Morgan fingerprint density at radius 2 is 2.04 bits per heavy atom. The molecule has 1 saturated carbocycles. The Morgan fingerprint density at radius 1 is 1.30 bits per heavy atom. The fraction of sp³-hybridized carbons (Fsp3) is 0.882. The molecular formula is C17H29N3O3. The van der Waals surface area contributed by atoms with Crippen LogP contribution in [0.3, 0.4) is 0 Å². The first-order chi connectivity index (χ1) is 11.0. The number of carbonyl (C=O) groups is 2. The molecule has 6 heteroatoms. The minimum Gasteiger partial charge on any atom is -0.391 e. The number of nitrogens with zero attached hydrogens (tertiary/aromatic N) is 1. The minimum absolute atomic E-state index is 0.0378. The molecule has 0 spiro atoms. The zero-order valence-electron chi connectivity index (χ0n) is 14.0. The van der Waals surface area contributed by atoms with Crippen molar-refractivity contribution in [3.63, 3.8) is 0 Å². The number of β-amino-alcohol motifs (C(OH)–C–C–N with tert-alkyl or cyclic N) is 1. The second-order valence-corrected chi connectivity index (χ2v) is 7.59. The van der Waals surface area contributed by atoms with E-state index in [1.54, 1.807) is 0 Å². The molecule has 3 N–H and O–H groups in total. The van der Waals surface area contributed by atoms with E-state index < -0.39 is 0 Å². The summed E-state index contributed by atoms with van der Waals surface area (Å²) < 4.78 is 0. The van der Waals surface area contributed by atoms with Gasteiger partial charge in [0, 0.05) is 44.6 Å². The maximum Gasteiger partial charge on any atom is 0.225 e. The Bertz CT molecular complexity index is 448. The largest absolute Gasteiger partial charge is 0.391 e. The SMILES string of the molecule is CC1CCC(N2CC(C(=O)NCC3CNCC3O)CC2=O)CC1. The smallest absolute Gasteiger partial charge is 0.225 e. The number of carbonyl (C=O) groups excluding carboxylic acids is 2. The number of amides is 2. The van der Waals surface area contributed by atoms with Crippen molar-refractivity contribution in [2.24, 2.45) is 17.8 Å². The molecule has 3 atom stereocenters. The van der Waals surface area contributed by atoms with E-state index in [2.05, 4.69) is 17.6 Å². The van der Waals surface area contributed by atoms with Gasteiger partial charge in [0.25, 0.3) is 0 Å². The Labute approximate surface area is 138 Å². The van der Waals surface area contributed by atoms with E-state index in [0.29, 0.717) is 32.1 Å². The van der Waals surface area contributed by atoms with Gasteiger partial charge in [-0.25, -0.2) is 0 Å². The number of rotatable bonds is 4. The third-order valence-electron chi connectivity index (χ3n) is 5.80. The van der Waals surface area contributed by atoms with Crippen molar-refractivity contribution in [1.29, 1.82) is 0 Å². The van der Waals surface area contributed by atoms with Crippen molar-refractivity contribution in [2.45, 2.75) is 51.2 Å². The summed E-state index contributed by atoms with van der Waals surface area (Å²) in [6, 6.07) is 0.331. The summed E-state index contributed by atoms with van der Waals surface area (Å²) >= 11 is 0. The molecular weight excluding hydrogens is 294 g/mol. The number of aliphatic hydroxyl groups is 1. The molecule has 23 heavy (non-hydrogen) atoms. The van der Waals surface area contributed by atoms with Gasteiger partial charge in [-0.3, -0.25) is 9.59 Å². The Morgan fingerprint density at radius 3 is 2.70 bits per heavy atom. The van der Waals surface area contributed by atoms with Gasteiger partial charge in [0.2, 0.25) is 11.8 Å². The molecule has 3 fully saturated rings. The molecule has 2 aliphatic heterocycles. The van der Waals surface area contributed by atoms with Gasteiger partial charge < -0.3 is 20.6 Å². The van der Waals surface area contributed by atoms with Crippen LogP contribution in [0.1, 0.15) is 39.0 Å². The Balaban J connectivity index is 1.47. The lowest BCUT2D eigenvalue weighted by Crippen LogP contribution is -2.41. The van der Waals surface area contributed by atoms with Crippen LogP contribution in [0.4, 0.5) is 0 Å². The van der Waals surface area contributed by atoms with E-state index in [1.807, 2.05) is 4.90 Å². The molecule has 3 aliphatic rings. The summed E-state index contributed by atoms with van der Waals surface area (Å²) in [7, 11) is 0. The molecule has 0 aromatic heterocycles. The predicted molar refractivity (Wildman–Crippen MR) is 86.6 cm³/mol. The van der Waals surface area contributed by atoms with Gasteiger partial charge in [-0.15, -0.1) is 0 Å². The molecule has 0 bridgehead atoms. The number of hydrogen-bond acceptors (Lipinski definition) is 4. The van der Waals surface area contributed by atoms with Crippen molar-refractivity contribution >= 4 is 11.8 Å². The lowest BCUT2D eigenvalue weighted by atomic mass is 9.87. The van der Waals surface area contributed by atoms with E-state index in [9.17, 15) is 14.7 Å². The fourth-order valence-electron chi connectivity index (χ4n) is 4.12. The summed E-state index contributed by atoms with van der Waals surface area (Å²) in [4.78, 5) is 26.6. The highest BCUT2D eigenvalue weighted by atomic mass is 16.3. The van der Waals surface area contributed by atoms with Crippen LogP contribution in [0, 0.1) is 17.8 Å². The normalized spacial score (nSPS) is 38.1. The average molecular weight is 323 g/mol. The summed E-state index contributed by atoms with van der Waals surface area (Å²) in [5, 5.41) is 15.8. The quantitative estimate of drug-likeness (QED) is 0.686. The van der Waals surface area contributed by atoms with Crippen LogP contribution in [0.5, 0.6) is 0 Å². The van der Waals surface area contributed by atoms with E-state index in [-0.39, 0.29) is 29.8 Å². The molecule has 1 aliphatic carbocycles. The van der Waals surface area contributed by atoms with Crippen molar-refractivity contribution in [3.8, 4) is 0 Å².